The highest BCUT2D eigenvalue weighted by Gasteiger charge is 2.16. The van der Waals surface area contributed by atoms with Gasteiger partial charge in [0.15, 0.2) is 5.52 Å². The van der Waals surface area contributed by atoms with Crippen LogP contribution in [0.3, 0.4) is 0 Å². The molecule has 0 aliphatic rings. The van der Waals surface area contributed by atoms with Crippen LogP contribution < -0.4 is 14.7 Å². The van der Waals surface area contributed by atoms with E-state index in [1.807, 2.05) is 66.0 Å². The molecule has 0 spiro atoms. The van der Waals surface area contributed by atoms with Crippen LogP contribution in [-0.2, 0) is 28.5 Å². The molecule has 0 radical (unpaired) electrons. The summed E-state index contributed by atoms with van der Waals surface area (Å²) in [5.74, 6) is 0. The van der Waals surface area contributed by atoms with Crippen LogP contribution in [0.5, 0.6) is 0 Å². The zero-order chi connectivity index (χ0) is 26.2. The number of azo groups is 1. The minimum atomic E-state index is -3.72. The number of imidazole rings is 1. The van der Waals surface area contributed by atoms with Crippen LogP contribution in [0.1, 0.15) is 13.3 Å². The summed E-state index contributed by atoms with van der Waals surface area (Å²) < 4.78 is 25.6. The van der Waals surface area contributed by atoms with E-state index in [0.717, 1.165) is 29.0 Å². The Morgan fingerprint density at radius 2 is 1.89 bits per heavy atom. The first-order valence-corrected chi connectivity index (χ1v) is 12.9. The zero-order valence-corrected chi connectivity index (χ0v) is 21.6. The van der Waals surface area contributed by atoms with Gasteiger partial charge >= 0.3 is 0 Å². The topological polar surface area (TPSA) is 144 Å². The number of benzene rings is 2. The highest BCUT2D eigenvalue weighted by molar-refractivity contribution is 7.85. The molecule has 1 heterocycles. The lowest BCUT2D eigenvalue weighted by Crippen LogP contribution is -2.28. The lowest BCUT2D eigenvalue weighted by atomic mass is 10.2. The SMILES string of the molecule is CCN(CCC(O)CO)c1ccc(N=Nc2cc(Cl)cc3c2[n+](C)cn3C)cc1.CS(=O)(=O)O[O-]. The molecule has 0 saturated heterocycles. The number of rotatable bonds is 9. The van der Waals surface area contributed by atoms with Gasteiger partial charge in [-0.15, -0.1) is 5.11 Å². The Morgan fingerprint density at radius 1 is 1.26 bits per heavy atom. The third kappa shape index (κ3) is 8.53. The molecule has 0 aliphatic carbocycles. The summed E-state index contributed by atoms with van der Waals surface area (Å²) in [5.41, 5.74) is 4.46. The Kier molecular flexibility index (Phi) is 10.6. The first-order chi connectivity index (χ1) is 16.5. The number of aliphatic hydroxyl groups excluding tert-OH is 2. The molecule has 0 bridgehead atoms. The molecule has 0 amide bonds. The van der Waals surface area contributed by atoms with Crippen LogP contribution in [0.15, 0.2) is 53.0 Å². The molecule has 13 heteroatoms. The van der Waals surface area contributed by atoms with Crippen molar-refractivity contribution < 1.29 is 32.8 Å². The van der Waals surface area contributed by atoms with Crippen molar-refractivity contribution in [3.8, 4) is 0 Å². The Morgan fingerprint density at radius 3 is 2.43 bits per heavy atom. The fourth-order valence-corrected chi connectivity index (χ4v) is 3.57. The minimum Gasteiger partial charge on any atom is -0.707 e. The monoisotopic (exact) mass is 527 g/mol. The summed E-state index contributed by atoms with van der Waals surface area (Å²) in [6.45, 7) is 3.32. The molecule has 1 aromatic heterocycles. The van der Waals surface area contributed by atoms with Crippen molar-refractivity contribution >= 4 is 49.8 Å². The molecule has 35 heavy (non-hydrogen) atoms. The number of aromatic nitrogens is 2. The Balaban J connectivity index is 0.000000641. The number of hydrogen-bond acceptors (Lipinski definition) is 9. The predicted octanol–water partition coefficient (Wildman–Crippen LogP) is 1.88. The number of halogens is 1. The molecule has 1 atom stereocenters. The molecule has 192 valence electrons. The van der Waals surface area contributed by atoms with Crippen LogP contribution in [0.2, 0.25) is 5.02 Å². The quantitative estimate of drug-likeness (QED) is 0.187. The third-order valence-corrected chi connectivity index (χ3v) is 5.52. The van der Waals surface area contributed by atoms with Gasteiger partial charge in [0.1, 0.15) is 5.69 Å². The van der Waals surface area contributed by atoms with Gasteiger partial charge in [0.05, 0.1) is 38.7 Å². The molecule has 2 aromatic carbocycles. The van der Waals surface area contributed by atoms with E-state index < -0.39 is 16.2 Å². The van der Waals surface area contributed by atoms with Gasteiger partial charge in [-0.05, 0) is 43.7 Å². The minimum absolute atomic E-state index is 0.215. The summed E-state index contributed by atoms with van der Waals surface area (Å²) >= 11 is 6.26. The van der Waals surface area contributed by atoms with Gasteiger partial charge in [-0.25, -0.2) is 17.6 Å². The van der Waals surface area contributed by atoms with E-state index in [2.05, 4.69) is 26.4 Å². The maximum atomic E-state index is 9.57. The van der Waals surface area contributed by atoms with Gasteiger partial charge in [0, 0.05) is 29.9 Å². The van der Waals surface area contributed by atoms with Crippen LogP contribution in [-0.4, -0.2) is 55.3 Å². The second-order valence-corrected chi connectivity index (χ2v) is 9.80. The van der Waals surface area contributed by atoms with Crippen LogP contribution in [0.25, 0.3) is 11.0 Å². The first-order valence-electron chi connectivity index (χ1n) is 10.7. The number of hydrogen-bond donors (Lipinski definition) is 2. The van der Waals surface area contributed by atoms with Crippen LogP contribution >= 0.6 is 11.6 Å². The summed E-state index contributed by atoms with van der Waals surface area (Å²) in [6, 6.07) is 11.5. The fraction of sp³-hybridized carbons (Fsp3) is 0.409. The summed E-state index contributed by atoms with van der Waals surface area (Å²) in [6.07, 6.45) is 2.48. The van der Waals surface area contributed by atoms with Crippen molar-refractivity contribution in [2.45, 2.75) is 19.4 Å². The Hall–Kier alpha value is -2.61. The normalized spacial score (nSPS) is 12.6. The van der Waals surface area contributed by atoms with Crippen LogP contribution in [0, 0.1) is 0 Å². The zero-order valence-electron chi connectivity index (χ0n) is 20.0. The molecule has 1 unspecified atom stereocenters. The average molecular weight is 528 g/mol. The number of anilines is 1. The van der Waals surface area contributed by atoms with E-state index in [1.165, 1.54) is 0 Å². The van der Waals surface area contributed by atoms with Gasteiger partial charge in [-0.3, -0.25) is 0 Å². The lowest BCUT2D eigenvalue weighted by Gasteiger charge is -2.24. The summed E-state index contributed by atoms with van der Waals surface area (Å²) in [5, 5.41) is 36.9. The third-order valence-electron chi connectivity index (χ3n) is 5.05. The van der Waals surface area contributed by atoms with Crippen molar-refractivity contribution in [1.29, 1.82) is 0 Å². The van der Waals surface area contributed by atoms with Gasteiger partial charge < -0.3 is 24.7 Å². The van der Waals surface area contributed by atoms with Crippen molar-refractivity contribution in [3.63, 3.8) is 0 Å². The van der Waals surface area contributed by atoms with E-state index in [9.17, 15) is 13.5 Å². The van der Waals surface area contributed by atoms with E-state index in [0.29, 0.717) is 29.9 Å². The fourth-order valence-electron chi connectivity index (χ4n) is 3.36. The van der Waals surface area contributed by atoms with Crippen LogP contribution in [0.4, 0.5) is 17.1 Å². The first kappa shape index (κ1) is 28.6. The highest BCUT2D eigenvalue weighted by Crippen LogP contribution is 2.30. The van der Waals surface area contributed by atoms with E-state index in [-0.39, 0.29) is 6.61 Å². The Bertz CT molecular complexity index is 1250. The van der Waals surface area contributed by atoms with E-state index >= 15 is 0 Å². The number of fused-ring (bicyclic) bond motifs is 1. The molecule has 3 aromatic rings. The standard InChI is InChI=1S/C21H27ClN5O2.CH4O4S/c1-4-27(10-9-18(29)13-28)17-7-5-16(6-8-17)23-24-19-11-15(22)12-20-21(19)26(3)14-25(20)2;1-6(3,4)5-2/h5-8,11-12,14,18,28-29H,4,9-10,13H2,1-3H3;2H,1H3/q+1;/p-1. The highest BCUT2D eigenvalue weighted by atomic mass is 35.5. The number of aryl methyl sites for hydroxylation is 2. The van der Waals surface area contributed by atoms with Gasteiger partial charge in [-0.1, -0.05) is 11.6 Å². The Labute approximate surface area is 209 Å². The maximum absolute atomic E-state index is 9.57. The molecule has 11 nitrogen and oxygen atoms in total. The summed E-state index contributed by atoms with van der Waals surface area (Å²) in [7, 11) is 0.221. The second-order valence-electron chi connectivity index (χ2n) is 7.82. The largest absolute Gasteiger partial charge is 0.707 e. The number of nitrogens with zero attached hydrogens (tertiary/aromatic N) is 5. The smallest absolute Gasteiger partial charge is 0.255 e. The predicted molar refractivity (Wildman–Crippen MR) is 131 cm³/mol. The lowest BCUT2D eigenvalue weighted by molar-refractivity contribution is -0.645. The van der Waals surface area contributed by atoms with Crippen molar-refractivity contribution in [2.75, 3.05) is 30.9 Å². The van der Waals surface area contributed by atoms with E-state index in [1.54, 1.807) is 0 Å². The average Bonchev–Trinajstić information content (AvgIpc) is 3.11. The second kappa shape index (κ2) is 12.9. The molecule has 3 rings (SSSR count). The van der Waals surface area contributed by atoms with Gasteiger partial charge in [0.25, 0.3) is 10.1 Å². The molecular weight excluding hydrogens is 498 g/mol. The molecule has 2 N–H and O–H groups in total. The molecule has 0 fully saturated rings. The maximum Gasteiger partial charge on any atom is 0.255 e. The molecular formula is C22H30ClN5O6S. The van der Waals surface area contributed by atoms with Crippen molar-refractivity contribution in [1.82, 2.24) is 4.57 Å². The summed E-state index contributed by atoms with van der Waals surface area (Å²) in [4.78, 5) is 2.14. The van der Waals surface area contributed by atoms with Crippen molar-refractivity contribution in [2.24, 2.45) is 24.3 Å². The number of aliphatic hydroxyl groups is 2. The van der Waals surface area contributed by atoms with Gasteiger partial charge in [0.2, 0.25) is 11.8 Å². The van der Waals surface area contributed by atoms with Gasteiger partial charge in [-0.2, -0.15) is 5.11 Å². The van der Waals surface area contributed by atoms with E-state index in [4.69, 9.17) is 22.0 Å². The van der Waals surface area contributed by atoms with Crippen molar-refractivity contribution in [3.05, 3.63) is 47.7 Å². The molecule has 0 aliphatic heterocycles. The molecule has 0 saturated carbocycles.